The van der Waals surface area contributed by atoms with Crippen molar-refractivity contribution < 1.29 is 19.0 Å². The molecule has 0 aliphatic rings. The SMILES string of the molecule is Cc1ccc(OCC(=O)N=Nc2c(O)[nH]c3ccc(F)cc23)c(Br)c1. The summed E-state index contributed by atoms with van der Waals surface area (Å²) in [5.41, 5.74) is 1.53. The highest BCUT2D eigenvalue weighted by molar-refractivity contribution is 9.10. The molecule has 0 saturated carbocycles. The third kappa shape index (κ3) is 3.85. The maximum absolute atomic E-state index is 13.3. The van der Waals surface area contributed by atoms with Crippen LogP contribution < -0.4 is 4.74 Å². The van der Waals surface area contributed by atoms with Gasteiger partial charge in [-0.1, -0.05) is 6.07 Å². The first-order valence-corrected chi connectivity index (χ1v) is 8.07. The van der Waals surface area contributed by atoms with Gasteiger partial charge in [-0.2, -0.15) is 0 Å². The van der Waals surface area contributed by atoms with Gasteiger partial charge in [0.2, 0.25) is 5.88 Å². The van der Waals surface area contributed by atoms with E-state index in [1.807, 2.05) is 19.1 Å². The second-order valence-corrected chi connectivity index (χ2v) is 6.18. The Bertz CT molecular complexity index is 985. The number of hydrogen-bond donors (Lipinski definition) is 2. The fourth-order valence-electron chi connectivity index (χ4n) is 2.23. The number of rotatable bonds is 4. The highest BCUT2D eigenvalue weighted by Crippen LogP contribution is 2.35. The summed E-state index contributed by atoms with van der Waals surface area (Å²) in [6.07, 6.45) is 0. The van der Waals surface area contributed by atoms with E-state index in [1.165, 1.54) is 18.2 Å². The third-order valence-corrected chi connectivity index (χ3v) is 4.03. The Morgan fingerprint density at radius 1 is 1.32 bits per heavy atom. The van der Waals surface area contributed by atoms with E-state index in [2.05, 4.69) is 31.1 Å². The van der Waals surface area contributed by atoms with E-state index in [4.69, 9.17) is 4.74 Å². The number of amides is 1. The van der Waals surface area contributed by atoms with Crippen molar-refractivity contribution in [3.8, 4) is 11.6 Å². The van der Waals surface area contributed by atoms with Crippen molar-refractivity contribution in [2.45, 2.75) is 6.92 Å². The first-order chi connectivity index (χ1) is 11.9. The predicted molar refractivity (Wildman–Crippen MR) is 93.8 cm³/mol. The molecule has 2 N–H and O–H groups in total. The van der Waals surface area contributed by atoms with E-state index < -0.39 is 11.7 Å². The molecule has 1 aromatic heterocycles. The molecule has 0 atom stereocenters. The molecule has 1 amide bonds. The molecule has 8 heteroatoms. The summed E-state index contributed by atoms with van der Waals surface area (Å²) in [6, 6.07) is 9.35. The number of hydrogen-bond acceptors (Lipinski definition) is 4. The van der Waals surface area contributed by atoms with E-state index >= 15 is 0 Å². The summed E-state index contributed by atoms with van der Waals surface area (Å²) in [6.45, 7) is 1.62. The number of aromatic hydroxyl groups is 1. The van der Waals surface area contributed by atoms with E-state index in [0.29, 0.717) is 16.7 Å². The number of aromatic amines is 1. The van der Waals surface area contributed by atoms with Gasteiger partial charge in [0.15, 0.2) is 12.3 Å². The van der Waals surface area contributed by atoms with E-state index in [1.54, 1.807) is 6.07 Å². The number of fused-ring (bicyclic) bond motifs is 1. The first kappa shape index (κ1) is 17.1. The third-order valence-electron chi connectivity index (χ3n) is 3.41. The van der Waals surface area contributed by atoms with Crippen molar-refractivity contribution in [1.29, 1.82) is 0 Å². The molecule has 0 fully saturated rings. The molecule has 1 heterocycles. The van der Waals surface area contributed by atoms with Gasteiger partial charge in [-0.15, -0.1) is 10.2 Å². The molecule has 6 nitrogen and oxygen atoms in total. The van der Waals surface area contributed by atoms with Crippen LogP contribution >= 0.6 is 15.9 Å². The van der Waals surface area contributed by atoms with Gasteiger partial charge < -0.3 is 14.8 Å². The number of aromatic nitrogens is 1. The highest BCUT2D eigenvalue weighted by atomic mass is 79.9. The number of nitrogens with one attached hydrogen (secondary N) is 1. The highest BCUT2D eigenvalue weighted by Gasteiger charge is 2.12. The van der Waals surface area contributed by atoms with E-state index in [-0.39, 0.29) is 18.2 Å². The number of H-pyrrole nitrogens is 1. The van der Waals surface area contributed by atoms with Crippen molar-refractivity contribution in [2.75, 3.05) is 6.61 Å². The number of ether oxygens (including phenoxy) is 1. The summed E-state index contributed by atoms with van der Waals surface area (Å²) < 4.78 is 19.4. The summed E-state index contributed by atoms with van der Waals surface area (Å²) in [5.74, 6) is -0.912. The van der Waals surface area contributed by atoms with Crippen LogP contribution in [0.1, 0.15) is 5.56 Å². The van der Waals surface area contributed by atoms with Crippen LogP contribution in [0.4, 0.5) is 10.1 Å². The molecule has 3 aromatic rings. The van der Waals surface area contributed by atoms with Crippen molar-refractivity contribution >= 4 is 38.4 Å². The van der Waals surface area contributed by atoms with Gasteiger partial charge in [0, 0.05) is 5.39 Å². The second kappa shape index (κ2) is 7.02. The van der Waals surface area contributed by atoms with Crippen molar-refractivity contribution in [3.63, 3.8) is 0 Å². The van der Waals surface area contributed by atoms with Crippen LogP contribution in [-0.4, -0.2) is 22.6 Å². The lowest BCUT2D eigenvalue weighted by atomic mass is 10.2. The van der Waals surface area contributed by atoms with Crippen LogP contribution in [-0.2, 0) is 4.79 Å². The Labute approximate surface area is 150 Å². The average Bonchev–Trinajstić information content (AvgIpc) is 2.87. The van der Waals surface area contributed by atoms with E-state index in [9.17, 15) is 14.3 Å². The van der Waals surface area contributed by atoms with Crippen molar-refractivity contribution in [1.82, 2.24) is 4.98 Å². The second-order valence-electron chi connectivity index (χ2n) is 5.33. The standard InChI is InChI=1S/C17H13BrFN3O3/c1-9-2-5-14(12(18)6-9)25-8-15(23)21-22-16-11-7-10(19)3-4-13(11)20-17(16)24/h2-7,20,24H,8H2,1H3. The van der Waals surface area contributed by atoms with Crippen LogP contribution in [0.15, 0.2) is 51.1 Å². The number of nitrogens with zero attached hydrogens (tertiary/aromatic N) is 2. The molecule has 25 heavy (non-hydrogen) atoms. The number of halogens is 2. The minimum absolute atomic E-state index is 0.000587. The zero-order valence-corrected chi connectivity index (χ0v) is 14.7. The smallest absolute Gasteiger partial charge is 0.302 e. The van der Waals surface area contributed by atoms with Gasteiger partial charge in [-0.05, 0) is 58.7 Å². The molecule has 0 unspecified atom stereocenters. The molecule has 0 aliphatic heterocycles. The minimum atomic E-state index is -0.641. The van der Waals surface area contributed by atoms with Gasteiger partial charge in [0.1, 0.15) is 11.6 Å². The molecule has 0 saturated heterocycles. The van der Waals surface area contributed by atoms with Gasteiger partial charge in [0.05, 0.1) is 9.99 Å². The Morgan fingerprint density at radius 3 is 2.88 bits per heavy atom. The maximum Gasteiger partial charge on any atom is 0.302 e. The molecule has 0 spiro atoms. The molecular weight excluding hydrogens is 393 g/mol. The molecule has 2 aromatic carbocycles. The lowest BCUT2D eigenvalue weighted by molar-refractivity contribution is -0.120. The minimum Gasteiger partial charge on any atom is -0.493 e. The van der Waals surface area contributed by atoms with Crippen LogP contribution in [0, 0.1) is 12.7 Å². The number of benzene rings is 2. The summed E-state index contributed by atoms with van der Waals surface area (Å²) in [5, 5.41) is 17.4. The van der Waals surface area contributed by atoms with E-state index in [0.717, 1.165) is 10.0 Å². The van der Waals surface area contributed by atoms with Gasteiger partial charge in [-0.25, -0.2) is 4.39 Å². The van der Waals surface area contributed by atoms with Crippen LogP contribution in [0.2, 0.25) is 0 Å². The Kier molecular flexibility index (Phi) is 4.80. The topological polar surface area (TPSA) is 87.0 Å². The lowest BCUT2D eigenvalue weighted by Crippen LogP contribution is -2.08. The summed E-state index contributed by atoms with van der Waals surface area (Å²) in [4.78, 5) is 14.5. The Hall–Kier alpha value is -2.74. The Morgan fingerprint density at radius 2 is 2.12 bits per heavy atom. The molecular formula is C17H13BrFN3O3. The van der Waals surface area contributed by atoms with Gasteiger partial charge in [-0.3, -0.25) is 4.79 Å². The van der Waals surface area contributed by atoms with Gasteiger partial charge >= 0.3 is 5.91 Å². The summed E-state index contributed by atoms with van der Waals surface area (Å²) in [7, 11) is 0. The van der Waals surface area contributed by atoms with Crippen molar-refractivity contribution in [2.24, 2.45) is 10.2 Å². The molecule has 128 valence electrons. The average molecular weight is 406 g/mol. The predicted octanol–water partition coefficient (Wildman–Crippen LogP) is 4.77. The fourth-order valence-corrected chi connectivity index (χ4v) is 2.84. The normalized spacial score (nSPS) is 11.3. The Balaban J connectivity index is 1.72. The maximum atomic E-state index is 13.3. The van der Waals surface area contributed by atoms with Crippen LogP contribution in [0.25, 0.3) is 10.9 Å². The van der Waals surface area contributed by atoms with Crippen LogP contribution in [0.5, 0.6) is 11.6 Å². The van der Waals surface area contributed by atoms with Crippen molar-refractivity contribution in [3.05, 3.63) is 52.3 Å². The zero-order valence-electron chi connectivity index (χ0n) is 13.1. The van der Waals surface area contributed by atoms with Gasteiger partial charge in [0.25, 0.3) is 0 Å². The largest absolute Gasteiger partial charge is 0.493 e. The molecule has 0 radical (unpaired) electrons. The first-order valence-electron chi connectivity index (χ1n) is 7.28. The zero-order chi connectivity index (χ0) is 18.0. The quantitative estimate of drug-likeness (QED) is 0.612. The number of carbonyl (C=O) groups is 1. The van der Waals surface area contributed by atoms with Crippen LogP contribution in [0.3, 0.4) is 0 Å². The molecule has 0 bridgehead atoms. The molecule has 0 aliphatic carbocycles. The fraction of sp³-hybridized carbons (Fsp3) is 0.118. The number of aryl methyl sites for hydroxylation is 1. The molecule has 3 rings (SSSR count). The summed E-state index contributed by atoms with van der Waals surface area (Å²) >= 11 is 3.35. The monoisotopic (exact) mass is 405 g/mol. The number of carbonyl (C=O) groups excluding carboxylic acids is 1. The lowest BCUT2D eigenvalue weighted by Gasteiger charge is -2.06. The number of azo groups is 1.